The first-order valence-corrected chi connectivity index (χ1v) is 8.99. The highest BCUT2D eigenvalue weighted by molar-refractivity contribution is 7.09. The molecule has 1 aliphatic rings. The maximum absolute atomic E-state index is 12.1. The first-order valence-electron chi connectivity index (χ1n) is 8.11. The monoisotopic (exact) mass is 349 g/mol. The lowest BCUT2D eigenvalue weighted by atomic mass is 10.2. The maximum atomic E-state index is 12.1. The summed E-state index contributed by atoms with van der Waals surface area (Å²) in [4.78, 5) is 21.9. The number of carbonyl (C=O) groups excluding carboxylic acids is 1. The van der Waals surface area contributed by atoms with Crippen molar-refractivity contribution in [1.82, 2.24) is 25.3 Å². The largest absolute Gasteiger partial charge is 0.350 e. The van der Waals surface area contributed by atoms with E-state index >= 15 is 0 Å². The van der Waals surface area contributed by atoms with E-state index in [0.717, 1.165) is 19.5 Å². The van der Waals surface area contributed by atoms with E-state index < -0.39 is 0 Å². The minimum atomic E-state index is 0.0838. The van der Waals surface area contributed by atoms with Crippen LogP contribution in [0.15, 0.2) is 22.0 Å². The third kappa shape index (κ3) is 4.62. The highest BCUT2D eigenvalue weighted by atomic mass is 32.1. The standard InChI is InChI=1S/C16H23N5O2S/c1-12-18-15(19-23-12)10-20(2)13-5-6-21(9-13)11-16(22)17-8-14-4-3-7-24-14/h3-4,7,13H,5-6,8-11H2,1-2H3,(H,17,22)/t13-/m1/s1. The number of amides is 1. The van der Waals surface area contributed by atoms with Crippen LogP contribution in [0.4, 0.5) is 0 Å². The zero-order valence-electron chi connectivity index (χ0n) is 14.1. The molecular weight excluding hydrogens is 326 g/mol. The molecule has 0 aliphatic carbocycles. The lowest BCUT2D eigenvalue weighted by Gasteiger charge is -2.23. The van der Waals surface area contributed by atoms with Crippen LogP contribution in [-0.4, -0.2) is 58.6 Å². The molecule has 0 spiro atoms. The van der Waals surface area contributed by atoms with Gasteiger partial charge in [0.05, 0.1) is 19.6 Å². The molecule has 0 aromatic carbocycles. The normalized spacial score (nSPS) is 18.4. The predicted molar refractivity (Wildman–Crippen MR) is 91.5 cm³/mol. The van der Waals surface area contributed by atoms with Gasteiger partial charge < -0.3 is 9.84 Å². The van der Waals surface area contributed by atoms with Crippen LogP contribution in [0.3, 0.4) is 0 Å². The molecular formula is C16H23N5O2S. The Morgan fingerprint density at radius 1 is 1.58 bits per heavy atom. The summed E-state index contributed by atoms with van der Waals surface area (Å²) in [6, 6.07) is 4.44. The molecule has 7 nitrogen and oxygen atoms in total. The number of carbonyl (C=O) groups is 1. The average molecular weight is 349 g/mol. The van der Waals surface area contributed by atoms with Gasteiger partial charge in [0.25, 0.3) is 0 Å². The van der Waals surface area contributed by atoms with E-state index in [-0.39, 0.29) is 5.91 Å². The molecule has 0 radical (unpaired) electrons. The smallest absolute Gasteiger partial charge is 0.234 e. The summed E-state index contributed by atoms with van der Waals surface area (Å²) in [5.41, 5.74) is 0. The fourth-order valence-corrected chi connectivity index (χ4v) is 3.58. The molecule has 8 heteroatoms. The first-order chi connectivity index (χ1) is 11.6. The summed E-state index contributed by atoms with van der Waals surface area (Å²) < 4.78 is 5.01. The van der Waals surface area contributed by atoms with Crippen LogP contribution in [0, 0.1) is 6.92 Å². The van der Waals surface area contributed by atoms with Crippen LogP contribution < -0.4 is 5.32 Å². The lowest BCUT2D eigenvalue weighted by Crippen LogP contribution is -2.38. The topological polar surface area (TPSA) is 74.5 Å². The highest BCUT2D eigenvalue weighted by Gasteiger charge is 2.27. The van der Waals surface area contributed by atoms with Crippen molar-refractivity contribution in [3.05, 3.63) is 34.1 Å². The van der Waals surface area contributed by atoms with Gasteiger partial charge in [-0.1, -0.05) is 11.2 Å². The second kappa shape index (κ2) is 7.87. The molecule has 1 aliphatic heterocycles. The maximum Gasteiger partial charge on any atom is 0.234 e. The van der Waals surface area contributed by atoms with Gasteiger partial charge in [-0.15, -0.1) is 11.3 Å². The van der Waals surface area contributed by atoms with E-state index in [2.05, 4.69) is 32.3 Å². The van der Waals surface area contributed by atoms with Crippen molar-refractivity contribution in [2.45, 2.75) is 32.5 Å². The molecule has 24 heavy (non-hydrogen) atoms. The molecule has 1 N–H and O–H groups in total. The van der Waals surface area contributed by atoms with Crippen molar-refractivity contribution in [3.63, 3.8) is 0 Å². The van der Waals surface area contributed by atoms with Crippen molar-refractivity contribution in [1.29, 1.82) is 0 Å². The van der Waals surface area contributed by atoms with E-state index in [1.54, 1.807) is 18.3 Å². The molecule has 130 valence electrons. The number of nitrogens with one attached hydrogen (secondary N) is 1. The van der Waals surface area contributed by atoms with Crippen LogP contribution >= 0.6 is 11.3 Å². The van der Waals surface area contributed by atoms with Gasteiger partial charge in [0.15, 0.2) is 5.82 Å². The number of hydrogen-bond acceptors (Lipinski definition) is 7. The van der Waals surface area contributed by atoms with Gasteiger partial charge in [-0.05, 0) is 24.9 Å². The lowest BCUT2D eigenvalue weighted by molar-refractivity contribution is -0.122. The number of aromatic nitrogens is 2. The Bertz CT molecular complexity index is 657. The van der Waals surface area contributed by atoms with Crippen LogP contribution in [0.25, 0.3) is 0 Å². The van der Waals surface area contributed by atoms with E-state index in [1.165, 1.54) is 4.88 Å². The van der Waals surface area contributed by atoms with Crippen molar-refractivity contribution >= 4 is 17.2 Å². The van der Waals surface area contributed by atoms with Crippen LogP contribution in [0.1, 0.15) is 23.0 Å². The molecule has 2 aromatic heterocycles. The Hall–Kier alpha value is -1.77. The van der Waals surface area contributed by atoms with Crippen LogP contribution in [0.2, 0.25) is 0 Å². The van der Waals surface area contributed by atoms with Gasteiger partial charge in [-0.2, -0.15) is 4.98 Å². The summed E-state index contributed by atoms with van der Waals surface area (Å²) in [7, 11) is 2.07. The molecule has 2 aromatic rings. The summed E-state index contributed by atoms with van der Waals surface area (Å²) in [5, 5.41) is 8.94. The van der Waals surface area contributed by atoms with E-state index in [9.17, 15) is 4.79 Å². The molecule has 1 fully saturated rings. The van der Waals surface area contributed by atoms with E-state index in [0.29, 0.717) is 37.4 Å². The Kier molecular flexibility index (Phi) is 5.60. The van der Waals surface area contributed by atoms with Gasteiger partial charge in [-0.3, -0.25) is 14.6 Å². The zero-order chi connectivity index (χ0) is 16.9. The molecule has 0 bridgehead atoms. The number of likely N-dealkylation sites (tertiary alicyclic amines) is 1. The fraction of sp³-hybridized carbons (Fsp3) is 0.562. The number of hydrogen-bond donors (Lipinski definition) is 1. The third-order valence-corrected chi connectivity index (χ3v) is 5.11. The number of likely N-dealkylation sites (N-methyl/N-ethyl adjacent to an activating group) is 1. The molecule has 3 heterocycles. The van der Waals surface area contributed by atoms with Crippen molar-refractivity contribution in [2.75, 3.05) is 26.7 Å². The Morgan fingerprint density at radius 3 is 3.17 bits per heavy atom. The molecule has 3 rings (SSSR count). The Labute approximate surface area is 145 Å². The average Bonchev–Trinajstić information content (AvgIpc) is 3.27. The molecule has 1 saturated heterocycles. The highest BCUT2D eigenvalue weighted by Crippen LogP contribution is 2.16. The van der Waals surface area contributed by atoms with Gasteiger partial charge in [0.2, 0.25) is 11.8 Å². The van der Waals surface area contributed by atoms with Gasteiger partial charge >= 0.3 is 0 Å². The summed E-state index contributed by atoms with van der Waals surface area (Å²) >= 11 is 1.66. The summed E-state index contributed by atoms with van der Waals surface area (Å²) in [6.07, 6.45) is 1.05. The van der Waals surface area contributed by atoms with Crippen LogP contribution in [-0.2, 0) is 17.9 Å². The fourth-order valence-electron chi connectivity index (χ4n) is 2.93. The Balaban J connectivity index is 1.40. The predicted octanol–water partition coefficient (Wildman–Crippen LogP) is 1.26. The van der Waals surface area contributed by atoms with Gasteiger partial charge in [-0.25, -0.2) is 0 Å². The second-order valence-corrected chi connectivity index (χ2v) is 7.21. The van der Waals surface area contributed by atoms with Gasteiger partial charge in [0, 0.05) is 30.9 Å². The first kappa shape index (κ1) is 17.1. The quantitative estimate of drug-likeness (QED) is 0.811. The number of thiophene rings is 1. The Morgan fingerprint density at radius 2 is 2.46 bits per heavy atom. The van der Waals surface area contributed by atoms with Crippen molar-refractivity contribution in [3.8, 4) is 0 Å². The van der Waals surface area contributed by atoms with Crippen molar-refractivity contribution in [2.24, 2.45) is 0 Å². The summed E-state index contributed by atoms with van der Waals surface area (Å²) in [6.45, 7) is 5.36. The van der Waals surface area contributed by atoms with Crippen molar-refractivity contribution < 1.29 is 9.32 Å². The zero-order valence-corrected chi connectivity index (χ0v) is 14.9. The SMILES string of the molecule is Cc1nc(CN(C)[C@@H]2CCN(CC(=O)NCc3cccs3)C2)no1. The van der Waals surface area contributed by atoms with E-state index in [4.69, 9.17) is 4.52 Å². The minimum absolute atomic E-state index is 0.0838. The van der Waals surface area contributed by atoms with Gasteiger partial charge in [0.1, 0.15) is 0 Å². The molecule has 1 atom stereocenters. The molecule has 0 unspecified atom stereocenters. The van der Waals surface area contributed by atoms with Crippen LogP contribution in [0.5, 0.6) is 0 Å². The summed E-state index contributed by atoms with van der Waals surface area (Å²) in [5.74, 6) is 1.39. The number of nitrogens with zero attached hydrogens (tertiary/aromatic N) is 4. The number of rotatable bonds is 7. The molecule has 0 saturated carbocycles. The molecule has 1 amide bonds. The van der Waals surface area contributed by atoms with E-state index in [1.807, 2.05) is 17.5 Å². The number of aryl methyl sites for hydroxylation is 1. The minimum Gasteiger partial charge on any atom is -0.350 e. The third-order valence-electron chi connectivity index (χ3n) is 4.24. The second-order valence-electron chi connectivity index (χ2n) is 6.18.